The summed E-state index contributed by atoms with van der Waals surface area (Å²) in [7, 11) is 1.62. The van der Waals surface area contributed by atoms with E-state index in [1.165, 1.54) is 0 Å². The summed E-state index contributed by atoms with van der Waals surface area (Å²) < 4.78 is 6.23. The zero-order valence-electron chi connectivity index (χ0n) is 10.9. The van der Waals surface area contributed by atoms with Crippen molar-refractivity contribution >= 4 is 21.7 Å². The first-order chi connectivity index (χ1) is 9.13. The number of carbonyl (C=O) groups excluding carboxylic acids is 1. The van der Waals surface area contributed by atoms with E-state index in [0.717, 1.165) is 26.9 Å². The molecule has 0 bridgehead atoms. The van der Waals surface area contributed by atoms with Crippen molar-refractivity contribution < 1.29 is 9.53 Å². The summed E-state index contributed by atoms with van der Waals surface area (Å²) in [6.07, 6.45) is 0.349. The molecule has 0 saturated heterocycles. The highest BCUT2D eigenvalue weighted by Gasteiger charge is 2.13. The number of para-hydroxylation sites is 1. The van der Waals surface area contributed by atoms with Gasteiger partial charge in [-0.15, -0.1) is 0 Å². The quantitative estimate of drug-likeness (QED) is 0.790. The summed E-state index contributed by atoms with van der Waals surface area (Å²) in [6, 6.07) is 13.3. The van der Waals surface area contributed by atoms with Gasteiger partial charge in [0.05, 0.1) is 7.11 Å². The molecule has 0 saturated carbocycles. The van der Waals surface area contributed by atoms with Crippen LogP contribution in [0, 0.1) is 6.92 Å². The molecular formula is C16H15BrO2. The topological polar surface area (TPSA) is 26.3 Å². The Bertz CT molecular complexity index is 605. The fraction of sp³-hybridized carbons (Fsp3) is 0.188. The van der Waals surface area contributed by atoms with Gasteiger partial charge in [-0.05, 0) is 24.6 Å². The first kappa shape index (κ1) is 13.8. The summed E-state index contributed by atoms with van der Waals surface area (Å²) in [5, 5.41) is 0. The second kappa shape index (κ2) is 6.02. The first-order valence-electron chi connectivity index (χ1n) is 6.03. The molecule has 0 aromatic heterocycles. The Morgan fingerprint density at radius 1 is 1.16 bits per heavy atom. The molecule has 0 aliphatic heterocycles. The number of Topliss-reactive ketones (excluding diaryl/α,β-unsaturated/α-hetero) is 1. The van der Waals surface area contributed by atoms with Gasteiger partial charge in [-0.25, -0.2) is 0 Å². The van der Waals surface area contributed by atoms with Gasteiger partial charge in [0.25, 0.3) is 0 Å². The van der Waals surface area contributed by atoms with Crippen LogP contribution < -0.4 is 4.74 Å². The van der Waals surface area contributed by atoms with E-state index in [1.54, 1.807) is 7.11 Å². The predicted octanol–water partition coefficient (Wildman–Crippen LogP) is 4.19. The van der Waals surface area contributed by atoms with Crippen LogP contribution in [0.25, 0.3) is 0 Å². The standard InChI is InChI=1S/C16H15BrO2/c1-11-13(7-5-8-14(11)17)15(18)10-12-6-3-4-9-16(12)19-2/h3-9H,10H2,1-2H3. The van der Waals surface area contributed by atoms with Crippen molar-refractivity contribution in [2.24, 2.45) is 0 Å². The lowest BCUT2D eigenvalue weighted by Gasteiger charge is -2.09. The molecule has 0 unspecified atom stereocenters. The third-order valence-corrected chi connectivity index (χ3v) is 3.97. The van der Waals surface area contributed by atoms with E-state index in [1.807, 2.05) is 49.4 Å². The normalized spacial score (nSPS) is 10.3. The predicted molar refractivity (Wildman–Crippen MR) is 79.9 cm³/mol. The zero-order valence-corrected chi connectivity index (χ0v) is 12.5. The van der Waals surface area contributed by atoms with Gasteiger partial charge in [-0.1, -0.05) is 46.3 Å². The highest BCUT2D eigenvalue weighted by Crippen LogP contribution is 2.23. The summed E-state index contributed by atoms with van der Waals surface area (Å²) in [6.45, 7) is 1.94. The maximum absolute atomic E-state index is 12.4. The van der Waals surface area contributed by atoms with Gasteiger partial charge in [0, 0.05) is 22.0 Å². The molecule has 19 heavy (non-hydrogen) atoms. The molecule has 2 nitrogen and oxygen atoms in total. The maximum atomic E-state index is 12.4. The molecule has 0 amide bonds. The van der Waals surface area contributed by atoms with Gasteiger partial charge in [-0.2, -0.15) is 0 Å². The molecule has 2 aromatic carbocycles. The number of carbonyl (C=O) groups is 1. The Morgan fingerprint density at radius 3 is 2.63 bits per heavy atom. The number of halogens is 1. The van der Waals surface area contributed by atoms with Crippen LogP contribution in [0.2, 0.25) is 0 Å². The smallest absolute Gasteiger partial charge is 0.167 e. The number of ketones is 1. The first-order valence-corrected chi connectivity index (χ1v) is 6.83. The lowest BCUT2D eigenvalue weighted by Crippen LogP contribution is -2.07. The third kappa shape index (κ3) is 3.04. The van der Waals surface area contributed by atoms with Crippen molar-refractivity contribution in [1.29, 1.82) is 0 Å². The van der Waals surface area contributed by atoms with Crippen LogP contribution in [0.5, 0.6) is 5.75 Å². The summed E-state index contributed by atoms with van der Waals surface area (Å²) in [5.41, 5.74) is 2.64. The lowest BCUT2D eigenvalue weighted by molar-refractivity contribution is 0.0991. The van der Waals surface area contributed by atoms with Gasteiger partial charge in [-0.3, -0.25) is 4.79 Å². The van der Waals surface area contributed by atoms with Gasteiger partial charge in [0.2, 0.25) is 0 Å². The van der Waals surface area contributed by atoms with Gasteiger partial charge in [0.1, 0.15) is 5.75 Å². The van der Waals surface area contributed by atoms with E-state index < -0.39 is 0 Å². The molecule has 3 heteroatoms. The number of ether oxygens (including phenoxy) is 1. The fourth-order valence-corrected chi connectivity index (χ4v) is 2.39. The van der Waals surface area contributed by atoms with Crippen LogP contribution in [0.15, 0.2) is 46.9 Å². The Kier molecular flexibility index (Phi) is 4.38. The van der Waals surface area contributed by atoms with Crippen molar-refractivity contribution in [3.63, 3.8) is 0 Å². The average molecular weight is 319 g/mol. The molecule has 2 rings (SSSR count). The van der Waals surface area contributed by atoms with Crippen LogP contribution in [-0.4, -0.2) is 12.9 Å². The minimum atomic E-state index is 0.100. The molecule has 0 aliphatic rings. The van der Waals surface area contributed by atoms with Gasteiger partial charge >= 0.3 is 0 Å². The van der Waals surface area contributed by atoms with Crippen LogP contribution in [0.4, 0.5) is 0 Å². The van der Waals surface area contributed by atoms with Crippen LogP contribution in [0.1, 0.15) is 21.5 Å². The minimum absolute atomic E-state index is 0.100. The van der Waals surface area contributed by atoms with E-state index in [2.05, 4.69) is 15.9 Å². The van der Waals surface area contributed by atoms with Crippen LogP contribution in [-0.2, 0) is 6.42 Å². The summed E-state index contributed by atoms with van der Waals surface area (Å²) in [4.78, 5) is 12.4. The highest BCUT2D eigenvalue weighted by molar-refractivity contribution is 9.10. The molecule has 0 atom stereocenters. The van der Waals surface area contributed by atoms with E-state index in [9.17, 15) is 4.79 Å². The Hall–Kier alpha value is -1.61. The molecule has 98 valence electrons. The van der Waals surface area contributed by atoms with E-state index in [-0.39, 0.29) is 5.78 Å². The van der Waals surface area contributed by atoms with E-state index in [4.69, 9.17) is 4.74 Å². The van der Waals surface area contributed by atoms with Crippen molar-refractivity contribution in [1.82, 2.24) is 0 Å². The zero-order chi connectivity index (χ0) is 13.8. The molecule has 2 aromatic rings. The second-order valence-electron chi connectivity index (χ2n) is 4.32. The monoisotopic (exact) mass is 318 g/mol. The molecule has 0 fully saturated rings. The van der Waals surface area contributed by atoms with Crippen LogP contribution in [0.3, 0.4) is 0 Å². The maximum Gasteiger partial charge on any atom is 0.167 e. The molecule has 0 spiro atoms. The highest BCUT2D eigenvalue weighted by atomic mass is 79.9. The number of rotatable bonds is 4. The Morgan fingerprint density at radius 2 is 1.89 bits per heavy atom. The number of hydrogen-bond donors (Lipinski definition) is 0. The van der Waals surface area contributed by atoms with Crippen molar-refractivity contribution in [3.8, 4) is 5.75 Å². The van der Waals surface area contributed by atoms with Crippen LogP contribution >= 0.6 is 15.9 Å². The average Bonchev–Trinajstić information content (AvgIpc) is 2.42. The largest absolute Gasteiger partial charge is 0.496 e. The molecule has 0 radical (unpaired) electrons. The molecular weight excluding hydrogens is 304 g/mol. The Labute approximate surface area is 121 Å². The Balaban J connectivity index is 2.28. The third-order valence-electron chi connectivity index (χ3n) is 3.11. The molecule has 0 N–H and O–H groups in total. The fourth-order valence-electron chi connectivity index (χ4n) is 2.03. The number of benzene rings is 2. The molecule has 0 aliphatic carbocycles. The lowest BCUT2D eigenvalue weighted by atomic mass is 9.99. The van der Waals surface area contributed by atoms with Crippen molar-refractivity contribution in [3.05, 3.63) is 63.6 Å². The minimum Gasteiger partial charge on any atom is -0.496 e. The second-order valence-corrected chi connectivity index (χ2v) is 5.18. The summed E-state index contributed by atoms with van der Waals surface area (Å²) >= 11 is 3.45. The number of methoxy groups -OCH3 is 1. The van der Waals surface area contributed by atoms with E-state index in [0.29, 0.717) is 6.42 Å². The van der Waals surface area contributed by atoms with Gasteiger partial charge < -0.3 is 4.74 Å². The number of hydrogen-bond acceptors (Lipinski definition) is 2. The van der Waals surface area contributed by atoms with E-state index >= 15 is 0 Å². The summed E-state index contributed by atoms with van der Waals surface area (Å²) in [5.74, 6) is 0.854. The van der Waals surface area contributed by atoms with Crippen molar-refractivity contribution in [2.75, 3.05) is 7.11 Å². The SMILES string of the molecule is COc1ccccc1CC(=O)c1cccc(Br)c1C. The van der Waals surface area contributed by atoms with Gasteiger partial charge in [0.15, 0.2) is 5.78 Å². The van der Waals surface area contributed by atoms with Crippen molar-refractivity contribution in [2.45, 2.75) is 13.3 Å². The molecule has 0 heterocycles.